The Morgan fingerprint density at radius 1 is 1.16 bits per heavy atom. The summed E-state index contributed by atoms with van der Waals surface area (Å²) in [6, 6.07) is 5.35. The molecule has 2 aliphatic rings. The first-order valence-corrected chi connectivity index (χ1v) is 7.09. The molecule has 0 saturated carbocycles. The topological polar surface area (TPSA) is 34.1 Å². The van der Waals surface area contributed by atoms with Gasteiger partial charge in [0, 0.05) is 0 Å². The maximum atomic E-state index is 13.6. The lowest BCUT2D eigenvalue weighted by atomic mass is 9.75. The van der Waals surface area contributed by atoms with Gasteiger partial charge in [-0.05, 0) is 24.1 Å². The van der Waals surface area contributed by atoms with Crippen LogP contribution >= 0.6 is 0 Å². The molecule has 6 heteroatoms. The van der Waals surface area contributed by atoms with Crippen LogP contribution in [0.5, 0.6) is 0 Å². The number of benzene rings is 1. The molecule has 0 bridgehead atoms. The largest absolute Gasteiger partial charge is 0.403 e. The molecule has 1 aromatic rings. The molecule has 1 aromatic carbocycles. The van der Waals surface area contributed by atoms with E-state index in [1.54, 1.807) is 0 Å². The highest BCUT2D eigenvalue weighted by atomic mass is 32.2. The molecule has 1 atom stereocenters. The van der Waals surface area contributed by atoms with E-state index in [2.05, 4.69) is 0 Å². The van der Waals surface area contributed by atoms with Crippen molar-refractivity contribution in [3.05, 3.63) is 53.0 Å². The minimum absolute atomic E-state index is 0.168. The van der Waals surface area contributed by atoms with Crippen molar-refractivity contribution in [2.45, 2.75) is 22.9 Å². The van der Waals surface area contributed by atoms with Crippen molar-refractivity contribution >= 4 is 9.84 Å². The van der Waals surface area contributed by atoms with Gasteiger partial charge < -0.3 is 0 Å². The third kappa shape index (κ3) is 1.35. The maximum absolute atomic E-state index is 13.6. The first-order chi connectivity index (χ1) is 8.82. The summed E-state index contributed by atoms with van der Waals surface area (Å²) in [5.41, 5.74) is -2.59. The lowest BCUT2D eigenvalue weighted by molar-refractivity contribution is -0.176. The number of hydrogen-bond acceptors (Lipinski definition) is 2. The van der Waals surface area contributed by atoms with Crippen LogP contribution in [0.1, 0.15) is 12.0 Å². The van der Waals surface area contributed by atoms with Crippen molar-refractivity contribution in [3.63, 3.8) is 0 Å². The lowest BCUT2D eigenvalue weighted by Crippen LogP contribution is -2.43. The Morgan fingerprint density at radius 3 is 2.53 bits per heavy atom. The number of halogens is 3. The standard InChI is InChI=1S/C13H9F3O2S/c14-13(15,16)12-8-4-3-7-11(12)19(17,18)10-6-2-1-5-9(10)12/h1-7H,8H2. The number of hydrogen-bond donors (Lipinski definition) is 0. The van der Waals surface area contributed by atoms with E-state index < -0.39 is 26.3 Å². The molecule has 2 nitrogen and oxygen atoms in total. The Balaban J connectivity index is 2.46. The fourth-order valence-electron chi connectivity index (χ4n) is 2.78. The van der Waals surface area contributed by atoms with E-state index in [-0.39, 0.29) is 16.9 Å². The van der Waals surface area contributed by atoms with Gasteiger partial charge in [-0.2, -0.15) is 13.2 Å². The molecule has 1 aliphatic carbocycles. The van der Waals surface area contributed by atoms with Crippen molar-refractivity contribution in [1.82, 2.24) is 0 Å². The van der Waals surface area contributed by atoms with Gasteiger partial charge >= 0.3 is 6.18 Å². The molecule has 0 saturated heterocycles. The predicted octanol–water partition coefficient (Wildman–Crippen LogP) is 3.12. The van der Waals surface area contributed by atoms with E-state index in [1.165, 1.54) is 36.4 Å². The van der Waals surface area contributed by atoms with Crippen LogP contribution in [0, 0.1) is 0 Å². The molecular formula is C13H9F3O2S. The van der Waals surface area contributed by atoms with Gasteiger partial charge in [-0.25, -0.2) is 8.42 Å². The molecule has 3 rings (SSSR count). The summed E-state index contributed by atoms with van der Waals surface area (Å²) < 4.78 is 65.2. The molecule has 0 fully saturated rings. The first-order valence-electron chi connectivity index (χ1n) is 5.60. The van der Waals surface area contributed by atoms with Crippen LogP contribution in [-0.4, -0.2) is 14.6 Å². The number of fused-ring (bicyclic) bond motifs is 3. The number of sulfone groups is 1. The zero-order valence-electron chi connectivity index (χ0n) is 9.61. The molecule has 0 N–H and O–H groups in total. The van der Waals surface area contributed by atoms with Gasteiger partial charge in [-0.3, -0.25) is 0 Å². The van der Waals surface area contributed by atoms with Gasteiger partial charge in [-0.15, -0.1) is 0 Å². The van der Waals surface area contributed by atoms with E-state index in [0.717, 1.165) is 6.08 Å². The van der Waals surface area contributed by atoms with Crippen molar-refractivity contribution in [1.29, 1.82) is 0 Å². The van der Waals surface area contributed by atoms with Crippen LogP contribution in [0.2, 0.25) is 0 Å². The fraction of sp³-hybridized carbons (Fsp3) is 0.231. The van der Waals surface area contributed by atoms with Crippen molar-refractivity contribution < 1.29 is 21.6 Å². The highest BCUT2D eigenvalue weighted by Crippen LogP contribution is 2.59. The third-order valence-electron chi connectivity index (χ3n) is 3.64. The van der Waals surface area contributed by atoms with E-state index in [9.17, 15) is 21.6 Å². The molecule has 100 valence electrons. The summed E-state index contributed by atoms with van der Waals surface area (Å²) in [6.45, 7) is 0. The molecule has 0 spiro atoms. The van der Waals surface area contributed by atoms with Crippen LogP contribution in [-0.2, 0) is 15.3 Å². The smallest absolute Gasteiger partial charge is 0.219 e. The molecule has 1 unspecified atom stereocenters. The summed E-state index contributed by atoms with van der Waals surface area (Å²) in [6.07, 6.45) is -1.24. The fourth-order valence-corrected chi connectivity index (χ4v) is 4.84. The molecule has 19 heavy (non-hydrogen) atoms. The lowest BCUT2D eigenvalue weighted by Gasteiger charge is -2.33. The average molecular weight is 286 g/mol. The highest BCUT2D eigenvalue weighted by molar-refractivity contribution is 7.95. The second-order valence-electron chi connectivity index (χ2n) is 4.57. The molecule has 0 aromatic heterocycles. The summed E-state index contributed by atoms with van der Waals surface area (Å²) in [5.74, 6) is 0. The molecule has 1 heterocycles. The monoisotopic (exact) mass is 286 g/mol. The van der Waals surface area contributed by atoms with Gasteiger partial charge in [0.25, 0.3) is 0 Å². The van der Waals surface area contributed by atoms with Crippen molar-refractivity contribution in [2.75, 3.05) is 0 Å². The minimum atomic E-state index is -4.65. The van der Waals surface area contributed by atoms with E-state index in [0.29, 0.717) is 0 Å². The molecule has 1 aliphatic heterocycles. The zero-order chi connectivity index (χ0) is 13.9. The molecule has 0 radical (unpaired) electrons. The van der Waals surface area contributed by atoms with Crippen LogP contribution in [0.3, 0.4) is 0 Å². The Kier molecular flexibility index (Phi) is 2.30. The van der Waals surface area contributed by atoms with Gasteiger partial charge in [0.1, 0.15) is 5.41 Å². The van der Waals surface area contributed by atoms with E-state index in [4.69, 9.17) is 0 Å². The van der Waals surface area contributed by atoms with Gasteiger partial charge in [-0.1, -0.05) is 30.4 Å². The minimum Gasteiger partial charge on any atom is -0.219 e. The van der Waals surface area contributed by atoms with E-state index in [1.807, 2.05) is 0 Å². The average Bonchev–Trinajstić information content (AvgIpc) is 2.57. The SMILES string of the molecule is O=S1(=O)C2=CC=CCC2(C(F)(F)F)c2ccccc21. The van der Waals surface area contributed by atoms with Crippen LogP contribution < -0.4 is 0 Å². The first kappa shape index (κ1) is 12.5. The van der Waals surface area contributed by atoms with Crippen LogP contribution in [0.15, 0.2) is 52.3 Å². The second kappa shape index (κ2) is 3.50. The Hall–Kier alpha value is -1.56. The van der Waals surface area contributed by atoms with Crippen LogP contribution in [0.4, 0.5) is 13.2 Å². The quantitative estimate of drug-likeness (QED) is 0.734. The van der Waals surface area contributed by atoms with Gasteiger partial charge in [0.15, 0.2) is 0 Å². The highest BCUT2D eigenvalue weighted by Gasteiger charge is 2.66. The maximum Gasteiger partial charge on any atom is 0.403 e. The zero-order valence-corrected chi connectivity index (χ0v) is 10.4. The second-order valence-corrected chi connectivity index (χ2v) is 6.45. The number of alkyl halides is 3. The van der Waals surface area contributed by atoms with E-state index >= 15 is 0 Å². The van der Waals surface area contributed by atoms with Crippen LogP contribution in [0.25, 0.3) is 0 Å². The van der Waals surface area contributed by atoms with Crippen molar-refractivity contribution in [2.24, 2.45) is 0 Å². The Labute approximate surface area is 108 Å². The summed E-state index contributed by atoms with van der Waals surface area (Å²) in [5, 5.41) is 0. The predicted molar refractivity (Wildman–Crippen MR) is 63.2 cm³/mol. The third-order valence-corrected chi connectivity index (χ3v) is 5.64. The van der Waals surface area contributed by atoms with Gasteiger partial charge in [0.2, 0.25) is 9.84 Å². The number of rotatable bonds is 0. The Bertz CT molecular complexity index is 714. The summed E-state index contributed by atoms with van der Waals surface area (Å²) in [7, 11) is -4.06. The number of allylic oxidation sites excluding steroid dienone is 4. The summed E-state index contributed by atoms with van der Waals surface area (Å²) >= 11 is 0. The van der Waals surface area contributed by atoms with Gasteiger partial charge in [0.05, 0.1) is 9.80 Å². The Morgan fingerprint density at radius 2 is 1.84 bits per heavy atom. The summed E-state index contributed by atoms with van der Waals surface area (Å²) in [4.78, 5) is -0.793. The molecule has 0 amide bonds. The molecular weight excluding hydrogens is 277 g/mol. The van der Waals surface area contributed by atoms with Crippen molar-refractivity contribution in [3.8, 4) is 0 Å². The normalized spacial score (nSPS) is 27.6.